The van der Waals surface area contributed by atoms with E-state index in [-0.39, 0.29) is 17.2 Å². The van der Waals surface area contributed by atoms with Gasteiger partial charge in [0.1, 0.15) is 0 Å². The first kappa shape index (κ1) is 12.9. The zero-order valence-corrected chi connectivity index (χ0v) is 11.1. The minimum Gasteiger partial charge on any atom is -0.306 e. The summed E-state index contributed by atoms with van der Waals surface area (Å²) in [5, 5.41) is 10.8. The third kappa shape index (κ3) is 1.99. The summed E-state index contributed by atoms with van der Waals surface area (Å²) in [6, 6.07) is 3.57. The highest BCUT2D eigenvalue weighted by Gasteiger charge is 2.31. The molecule has 0 bridgehead atoms. The summed E-state index contributed by atoms with van der Waals surface area (Å²) in [6.45, 7) is 0. The summed E-state index contributed by atoms with van der Waals surface area (Å²) in [5.41, 5.74) is 0.255. The van der Waals surface area contributed by atoms with Gasteiger partial charge in [0.25, 0.3) is 5.69 Å². The van der Waals surface area contributed by atoms with E-state index in [4.69, 9.17) is 0 Å². The molecule has 2 heterocycles. The van der Waals surface area contributed by atoms with E-state index in [0.29, 0.717) is 17.5 Å². The van der Waals surface area contributed by atoms with Crippen molar-refractivity contribution in [2.45, 2.75) is 12.5 Å². The zero-order valence-electron chi connectivity index (χ0n) is 10.3. The lowest BCUT2D eigenvalue weighted by Gasteiger charge is -2.09. The summed E-state index contributed by atoms with van der Waals surface area (Å²) >= 11 is 0. The molecule has 1 fully saturated rings. The fourth-order valence-electron chi connectivity index (χ4n) is 2.56. The lowest BCUT2D eigenvalue weighted by molar-refractivity contribution is -0.384. The maximum absolute atomic E-state index is 12.0. The molecule has 1 aliphatic rings. The van der Waals surface area contributed by atoms with Crippen LogP contribution in [-0.4, -0.2) is 34.4 Å². The van der Waals surface area contributed by atoms with Crippen molar-refractivity contribution < 1.29 is 13.3 Å². The minimum atomic E-state index is -3.14. The molecular formula is C11H11N3O5S. The molecule has 106 valence electrons. The predicted octanol–water partition coefficient (Wildman–Crippen LogP) is 0.597. The van der Waals surface area contributed by atoms with E-state index in [1.54, 1.807) is 0 Å². The second-order valence-electron chi connectivity index (χ2n) is 4.82. The molecule has 0 aliphatic carbocycles. The van der Waals surface area contributed by atoms with Gasteiger partial charge in [0.2, 0.25) is 0 Å². The van der Waals surface area contributed by atoms with Gasteiger partial charge in [0.05, 0.1) is 33.5 Å². The number of nitro groups is 1. The van der Waals surface area contributed by atoms with Gasteiger partial charge in [-0.15, -0.1) is 0 Å². The van der Waals surface area contributed by atoms with Gasteiger partial charge >= 0.3 is 5.69 Å². The average Bonchev–Trinajstić information content (AvgIpc) is 2.86. The van der Waals surface area contributed by atoms with Crippen LogP contribution in [-0.2, 0) is 9.84 Å². The number of nitrogens with one attached hydrogen (secondary N) is 1. The number of hydrogen-bond acceptors (Lipinski definition) is 5. The van der Waals surface area contributed by atoms with E-state index in [1.807, 2.05) is 0 Å². The number of aromatic nitrogens is 2. The molecule has 1 atom stereocenters. The van der Waals surface area contributed by atoms with Crippen molar-refractivity contribution in [3.8, 4) is 0 Å². The molecule has 0 spiro atoms. The molecule has 1 aromatic heterocycles. The fraction of sp³-hybridized carbons (Fsp3) is 0.364. The van der Waals surface area contributed by atoms with Crippen molar-refractivity contribution in [3.05, 3.63) is 38.8 Å². The number of sulfone groups is 1. The molecule has 3 rings (SSSR count). The summed E-state index contributed by atoms with van der Waals surface area (Å²) in [4.78, 5) is 24.8. The van der Waals surface area contributed by atoms with Crippen LogP contribution in [0.2, 0.25) is 0 Å². The first-order valence-electron chi connectivity index (χ1n) is 5.96. The molecule has 20 heavy (non-hydrogen) atoms. The predicted molar refractivity (Wildman–Crippen MR) is 71.5 cm³/mol. The Balaban J connectivity index is 2.19. The van der Waals surface area contributed by atoms with Crippen LogP contribution in [0.1, 0.15) is 12.5 Å². The summed E-state index contributed by atoms with van der Waals surface area (Å²) in [5.74, 6) is -0.0751. The molecule has 1 aromatic carbocycles. The van der Waals surface area contributed by atoms with Crippen molar-refractivity contribution in [2.75, 3.05) is 11.5 Å². The van der Waals surface area contributed by atoms with E-state index in [9.17, 15) is 23.3 Å². The number of H-pyrrole nitrogens is 1. The smallest absolute Gasteiger partial charge is 0.306 e. The molecule has 8 nitrogen and oxygen atoms in total. The number of nitrogens with zero attached hydrogens (tertiary/aromatic N) is 2. The monoisotopic (exact) mass is 297 g/mol. The molecule has 1 unspecified atom stereocenters. The molecule has 2 aromatic rings. The molecular weight excluding hydrogens is 286 g/mol. The fourth-order valence-corrected chi connectivity index (χ4v) is 4.26. The number of aromatic amines is 1. The summed E-state index contributed by atoms with van der Waals surface area (Å²) < 4.78 is 24.4. The number of hydrogen-bond donors (Lipinski definition) is 1. The number of fused-ring (bicyclic) bond motifs is 1. The third-order valence-electron chi connectivity index (χ3n) is 3.49. The van der Waals surface area contributed by atoms with Crippen LogP contribution >= 0.6 is 0 Å². The third-order valence-corrected chi connectivity index (χ3v) is 5.24. The summed E-state index contributed by atoms with van der Waals surface area (Å²) in [6.07, 6.45) is 0.345. The van der Waals surface area contributed by atoms with E-state index < -0.39 is 26.5 Å². The Hall–Kier alpha value is -2.16. The first-order valence-corrected chi connectivity index (χ1v) is 7.78. The van der Waals surface area contributed by atoms with E-state index in [0.717, 1.165) is 0 Å². The SMILES string of the molecule is O=c1[nH]c2ccc([N+](=O)[O-])cc2n1C1CCS(=O)(=O)C1. The molecule has 1 N–H and O–H groups in total. The van der Waals surface area contributed by atoms with Crippen molar-refractivity contribution in [1.29, 1.82) is 0 Å². The number of imidazole rings is 1. The summed E-state index contributed by atoms with van der Waals surface area (Å²) in [7, 11) is -3.14. The normalized spacial score (nSPS) is 21.3. The van der Waals surface area contributed by atoms with E-state index in [1.165, 1.54) is 22.8 Å². The van der Waals surface area contributed by atoms with Crippen LogP contribution in [0, 0.1) is 10.1 Å². The highest BCUT2D eigenvalue weighted by molar-refractivity contribution is 7.91. The highest BCUT2D eigenvalue weighted by Crippen LogP contribution is 2.27. The Labute approximate surface area is 113 Å². The topological polar surface area (TPSA) is 115 Å². The quantitative estimate of drug-likeness (QED) is 0.643. The van der Waals surface area contributed by atoms with E-state index in [2.05, 4.69) is 4.98 Å². The zero-order chi connectivity index (χ0) is 14.5. The van der Waals surface area contributed by atoms with Crippen molar-refractivity contribution >= 4 is 26.6 Å². The Morgan fingerprint density at radius 3 is 2.75 bits per heavy atom. The van der Waals surface area contributed by atoms with Crippen LogP contribution in [0.5, 0.6) is 0 Å². The number of benzene rings is 1. The molecule has 0 saturated carbocycles. The maximum Gasteiger partial charge on any atom is 0.326 e. The maximum atomic E-state index is 12.0. The van der Waals surface area contributed by atoms with Crippen LogP contribution in [0.15, 0.2) is 23.0 Å². The van der Waals surface area contributed by atoms with Crippen LogP contribution in [0.25, 0.3) is 11.0 Å². The second-order valence-corrected chi connectivity index (χ2v) is 7.04. The van der Waals surface area contributed by atoms with Crippen molar-refractivity contribution in [3.63, 3.8) is 0 Å². The van der Waals surface area contributed by atoms with Crippen molar-refractivity contribution in [2.24, 2.45) is 0 Å². The minimum absolute atomic E-state index is 0.0334. The van der Waals surface area contributed by atoms with Gasteiger partial charge in [-0.1, -0.05) is 0 Å². The van der Waals surface area contributed by atoms with Crippen molar-refractivity contribution in [1.82, 2.24) is 9.55 Å². The van der Waals surface area contributed by atoms with Gasteiger partial charge < -0.3 is 4.98 Å². The molecule has 1 saturated heterocycles. The molecule has 1 aliphatic heterocycles. The number of nitro benzene ring substituents is 1. The lowest BCUT2D eigenvalue weighted by atomic mass is 10.2. The Bertz CT molecular complexity index is 864. The van der Waals surface area contributed by atoms with Gasteiger partial charge in [0.15, 0.2) is 9.84 Å². The molecule has 0 amide bonds. The first-order chi connectivity index (χ1) is 9.37. The van der Waals surface area contributed by atoms with E-state index >= 15 is 0 Å². The standard InChI is InChI=1S/C11H11N3O5S/c15-11-12-9-2-1-7(14(16)17)5-10(9)13(11)8-3-4-20(18,19)6-8/h1-2,5,8H,3-4,6H2,(H,12,15). The van der Waals surface area contributed by atoms with Crippen LogP contribution < -0.4 is 5.69 Å². The molecule has 9 heteroatoms. The number of non-ortho nitro benzene ring substituents is 1. The van der Waals surface area contributed by atoms with Crippen LogP contribution in [0.3, 0.4) is 0 Å². The number of rotatable bonds is 2. The highest BCUT2D eigenvalue weighted by atomic mass is 32.2. The average molecular weight is 297 g/mol. The van der Waals surface area contributed by atoms with Crippen LogP contribution in [0.4, 0.5) is 5.69 Å². The van der Waals surface area contributed by atoms with Gasteiger partial charge in [-0.2, -0.15) is 0 Å². The second kappa shape index (κ2) is 4.17. The van der Waals surface area contributed by atoms with Gasteiger partial charge in [-0.05, 0) is 12.5 Å². The van der Waals surface area contributed by atoms with Gasteiger partial charge in [-0.25, -0.2) is 13.2 Å². The molecule has 0 radical (unpaired) electrons. The Morgan fingerprint density at radius 2 is 2.15 bits per heavy atom. The Kier molecular flexibility index (Phi) is 2.68. The largest absolute Gasteiger partial charge is 0.326 e. The van der Waals surface area contributed by atoms with Gasteiger partial charge in [0, 0.05) is 12.1 Å². The Morgan fingerprint density at radius 1 is 1.40 bits per heavy atom. The lowest BCUT2D eigenvalue weighted by Crippen LogP contribution is -2.23. The van der Waals surface area contributed by atoms with Gasteiger partial charge in [-0.3, -0.25) is 14.7 Å².